The van der Waals surface area contributed by atoms with Crippen LogP contribution in [0.25, 0.3) is 22.4 Å². The number of aliphatic hydroxyl groups excluding tert-OH is 2. The number of carbonyl (C=O) groups excluding carboxylic acids is 2. The van der Waals surface area contributed by atoms with Crippen LogP contribution in [0.3, 0.4) is 0 Å². The number of carboxylic acid groups (broad SMARTS) is 1. The molecule has 3 aromatic carbocycles. The molecule has 1 aromatic heterocycles. The molecule has 0 amide bonds. The Morgan fingerprint density at radius 2 is 1.34 bits per heavy atom. The van der Waals surface area contributed by atoms with E-state index in [1.807, 2.05) is 48.7 Å². The third-order valence-corrected chi connectivity index (χ3v) is 13.4. The summed E-state index contributed by atoms with van der Waals surface area (Å²) in [4.78, 5) is 22.7. The van der Waals surface area contributed by atoms with Gasteiger partial charge in [0.25, 0.3) is 0 Å². The Balaban J connectivity index is 0.000000342. The van der Waals surface area contributed by atoms with E-state index in [0.29, 0.717) is 59.8 Å². The largest absolute Gasteiger partial charge is 1.00 e. The first-order valence-electron chi connectivity index (χ1n) is 18.3. The quantitative estimate of drug-likeness (QED) is 0.124. The second kappa shape index (κ2) is 19.9. The zero-order valence-electron chi connectivity index (χ0n) is 31.9. The van der Waals surface area contributed by atoms with Crippen LogP contribution in [0.5, 0.6) is 0 Å². The molecule has 0 bridgehead atoms. The number of Topliss-reactive ketones (excluding diaryl/α,β-unsaturated/α-hetero) is 1. The Kier molecular flexibility index (Phi) is 16.2. The van der Waals surface area contributed by atoms with Gasteiger partial charge < -0.3 is 24.7 Å². The minimum atomic E-state index is -3.88. The van der Waals surface area contributed by atoms with E-state index in [0.717, 1.165) is 12.8 Å². The minimum absolute atomic E-state index is 0. The molecule has 12 nitrogen and oxygen atoms in total. The summed E-state index contributed by atoms with van der Waals surface area (Å²) in [5.41, 5.74) is 3.44. The first kappa shape index (κ1) is 45.5. The van der Waals surface area contributed by atoms with Gasteiger partial charge in [0.1, 0.15) is 16.5 Å². The van der Waals surface area contributed by atoms with Crippen molar-refractivity contribution < 1.29 is 75.7 Å². The number of aliphatic hydroxyl groups is 2. The molecule has 6 rings (SSSR count). The molecular formula is C40H47FN3NaO9S2. The van der Waals surface area contributed by atoms with Gasteiger partial charge >= 0.3 is 29.6 Å². The number of carboxylic acids is 1. The van der Waals surface area contributed by atoms with E-state index in [4.69, 9.17) is 0 Å². The van der Waals surface area contributed by atoms with Gasteiger partial charge in [-0.25, -0.2) is 25.5 Å². The summed E-state index contributed by atoms with van der Waals surface area (Å²) in [5, 5.41) is 31.5. The van der Waals surface area contributed by atoms with Crippen molar-refractivity contribution in [1.29, 1.82) is 0 Å². The Hall–Kier alpha value is -3.25. The van der Waals surface area contributed by atoms with Crippen molar-refractivity contribution in [3.63, 3.8) is 0 Å². The molecule has 2 aliphatic heterocycles. The van der Waals surface area contributed by atoms with Crippen molar-refractivity contribution >= 4 is 31.8 Å². The van der Waals surface area contributed by atoms with E-state index in [2.05, 4.69) is 0 Å². The van der Waals surface area contributed by atoms with Crippen molar-refractivity contribution in [2.24, 2.45) is 0 Å². The van der Waals surface area contributed by atoms with Gasteiger partial charge in [-0.3, -0.25) is 4.79 Å². The van der Waals surface area contributed by atoms with E-state index in [-0.39, 0.29) is 65.5 Å². The molecule has 0 saturated carbocycles. The number of carbonyl (C=O) groups is 2. The number of rotatable bonds is 16. The summed E-state index contributed by atoms with van der Waals surface area (Å²) < 4.78 is 70.2. The minimum Gasteiger partial charge on any atom is -0.550 e. The van der Waals surface area contributed by atoms with Crippen molar-refractivity contribution in [2.45, 2.75) is 75.5 Å². The number of hydrogen-bond donors (Lipinski definition) is 2. The fourth-order valence-electron chi connectivity index (χ4n) is 6.63. The molecule has 2 saturated heterocycles. The number of benzene rings is 3. The van der Waals surface area contributed by atoms with Gasteiger partial charge in [0.05, 0.1) is 17.9 Å². The predicted molar refractivity (Wildman–Crippen MR) is 204 cm³/mol. The average Bonchev–Trinajstić information content (AvgIpc) is 3.42. The van der Waals surface area contributed by atoms with Gasteiger partial charge in [0, 0.05) is 61.9 Å². The number of halogens is 1. The number of nitrogens with zero attached hydrogens (tertiary/aromatic N) is 3. The zero-order chi connectivity index (χ0) is 39.9. The van der Waals surface area contributed by atoms with Gasteiger partial charge in [-0.2, -0.15) is 4.31 Å². The third kappa shape index (κ3) is 11.0. The van der Waals surface area contributed by atoms with Gasteiger partial charge in [-0.1, -0.05) is 74.5 Å². The van der Waals surface area contributed by atoms with Gasteiger partial charge in [0.2, 0.25) is 20.0 Å². The van der Waals surface area contributed by atoms with Crippen LogP contribution in [0.1, 0.15) is 67.9 Å². The van der Waals surface area contributed by atoms with Gasteiger partial charge in [-0.15, -0.1) is 0 Å². The Labute approximate surface area is 350 Å². The molecule has 0 unspecified atom stereocenters. The number of ketones is 1. The normalized spacial score (nSPS) is 15.8. The summed E-state index contributed by atoms with van der Waals surface area (Å²) in [7, 11) is -7.27. The third-order valence-electron chi connectivity index (χ3n) is 9.65. The summed E-state index contributed by atoms with van der Waals surface area (Å²) >= 11 is 0. The van der Waals surface area contributed by atoms with Crippen molar-refractivity contribution in [3.05, 3.63) is 102 Å². The molecule has 16 heteroatoms. The SMILES string of the molecule is CC(C)c1c(S(=O)(=O)N2CCC2)c(-c2ccccc2)c(-c2ccc(F)cc2)n1CC[C@@H](O)C[C@@H](O)CC(=O)[O-].O=C(CS(=O)(=O)N1CCC1)c1ccccc1.[Na+]. The summed E-state index contributed by atoms with van der Waals surface area (Å²) in [6, 6.07) is 23.6. The first-order chi connectivity index (χ1) is 26.1. The molecular weight excluding hydrogens is 773 g/mol. The first-order valence-corrected chi connectivity index (χ1v) is 21.3. The number of aliphatic carboxylic acids is 1. The van der Waals surface area contributed by atoms with E-state index in [9.17, 15) is 46.1 Å². The second-order valence-electron chi connectivity index (χ2n) is 14.1. The molecule has 2 fully saturated rings. The number of sulfonamides is 2. The topological polar surface area (TPSA) is 177 Å². The standard InChI is InChI=1S/C29H35FN2O6S.C11H13NO3S.Na/c1-19(2)27-29(39(37,38)31-14-6-15-31)26(20-7-4-3-5-8-20)28(21-9-11-22(30)12-10-21)32(27)16-13-23(33)17-24(34)18-25(35)36;13-11(10-5-2-1-3-6-10)9-16(14,15)12-7-4-8-12;/h3-5,7-12,19,23-24,33-34H,6,13-18H2,1-2H3,(H,35,36);1-3,5-6H,4,7-9H2;/q;;+1/p-1/t23-,24-;;/m1../s1. The van der Waals surface area contributed by atoms with Crippen molar-refractivity contribution in [3.8, 4) is 22.4 Å². The molecule has 56 heavy (non-hydrogen) atoms. The van der Waals surface area contributed by atoms with Crippen LogP contribution >= 0.6 is 0 Å². The van der Waals surface area contributed by atoms with Gasteiger partial charge in [-0.05, 0) is 67.0 Å². The van der Waals surface area contributed by atoms with Crippen LogP contribution < -0.4 is 34.7 Å². The number of aromatic nitrogens is 1. The van der Waals surface area contributed by atoms with E-state index in [1.165, 1.54) is 20.7 Å². The van der Waals surface area contributed by atoms with E-state index in [1.54, 1.807) is 42.5 Å². The van der Waals surface area contributed by atoms with Crippen LogP contribution in [-0.4, -0.2) is 96.1 Å². The fourth-order valence-corrected chi connectivity index (χ4v) is 10.2. The maximum absolute atomic E-state index is 14.1. The Morgan fingerprint density at radius 3 is 1.84 bits per heavy atom. The fraction of sp³-hybridized carbons (Fsp3) is 0.400. The van der Waals surface area contributed by atoms with Crippen molar-refractivity contribution in [2.75, 3.05) is 31.9 Å². The summed E-state index contributed by atoms with van der Waals surface area (Å²) in [6.45, 7) is 5.96. The summed E-state index contributed by atoms with van der Waals surface area (Å²) in [6.07, 6.45) is -1.26. The average molecular weight is 820 g/mol. The molecule has 0 spiro atoms. The maximum atomic E-state index is 14.1. The number of hydrogen-bond acceptors (Lipinski definition) is 9. The molecule has 0 radical (unpaired) electrons. The van der Waals surface area contributed by atoms with Gasteiger partial charge in [0.15, 0.2) is 5.78 Å². The Bertz CT molecular complexity index is 2160. The van der Waals surface area contributed by atoms with Crippen LogP contribution in [0.4, 0.5) is 4.39 Å². The zero-order valence-corrected chi connectivity index (χ0v) is 35.5. The molecule has 3 heterocycles. The molecule has 296 valence electrons. The predicted octanol–water partition coefficient (Wildman–Crippen LogP) is 1.03. The van der Waals surface area contributed by atoms with E-state index >= 15 is 0 Å². The molecule has 4 aromatic rings. The monoisotopic (exact) mass is 819 g/mol. The molecule has 0 aliphatic carbocycles. The maximum Gasteiger partial charge on any atom is 1.00 e. The van der Waals surface area contributed by atoms with Crippen LogP contribution in [0.2, 0.25) is 0 Å². The molecule has 2 aliphatic rings. The second-order valence-corrected chi connectivity index (χ2v) is 17.9. The molecule has 2 N–H and O–H groups in total. The van der Waals surface area contributed by atoms with Crippen LogP contribution in [0.15, 0.2) is 89.8 Å². The summed E-state index contributed by atoms with van der Waals surface area (Å²) in [5.74, 6) is -2.82. The smallest absolute Gasteiger partial charge is 0.550 e. The van der Waals surface area contributed by atoms with Crippen LogP contribution in [0, 0.1) is 5.82 Å². The molecule has 2 atom stereocenters. The Morgan fingerprint density at radius 1 is 0.786 bits per heavy atom. The van der Waals surface area contributed by atoms with E-state index < -0.39 is 56.2 Å². The van der Waals surface area contributed by atoms with Crippen LogP contribution in [-0.2, 0) is 31.4 Å². The van der Waals surface area contributed by atoms with Crippen molar-refractivity contribution in [1.82, 2.24) is 13.2 Å².